The van der Waals surface area contributed by atoms with E-state index in [1.807, 2.05) is 35.2 Å². The summed E-state index contributed by atoms with van der Waals surface area (Å²) in [7, 11) is 0. The highest BCUT2D eigenvalue weighted by Gasteiger charge is 2.24. The fourth-order valence-electron chi connectivity index (χ4n) is 2.96. The summed E-state index contributed by atoms with van der Waals surface area (Å²) >= 11 is 1.14. The molecule has 1 aliphatic rings. The Kier molecular flexibility index (Phi) is 6.30. The molecule has 2 heterocycles. The first-order valence-electron chi connectivity index (χ1n) is 8.74. The summed E-state index contributed by atoms with van der Waals surface area (Å²) in [5.74, 6) is 0.00371. The minimum absolute atomic E-state index is 0.00659. The van der Waals surface area contributed by atoms with Gasteiger partial charge in [-0.1, -0.05) is 34.8 Å². The number of nitrogens with one attached hydrogen (secondary N) is 1. The van der Waals surface area contributed by atoms with Gasteiger partial charge in [0.2, 0.25) is 5.91 Å². The summed E-state index contributed by atoms with van der Waals surface area (Å²) in [5.41, 5.74) is 1.77. The first-order valence-corrected chi connectivity index (χ1v) is 9.52. The molecule has 1 saturated heterocycles. The minimum atomic E-state index is -0.00659. The number of carbonyl (C=O) groups is 2. The van der Waals surface area contributed by atoms with Crippen LogP contribution in [0.2, 0.25) is 0 Å². The van der Waals surface area contributed by atoms with Crippen molar-refractivity contribution in [3.63, 3.8) is 0 Å². The van der Waals surface area contributed by atoms with Crippen molar-refractivity contribution in [3.8, 4) is 0 Å². The summed E-state index contributed by atoms with van der Waals surface area (Å²) in [6.45, 7) is 5.50. The molecule has 0 atom stereocenters. The fraction of sp³-hybridized carbons (Fsp3) is 0.444. The van der Waals surface area contributed by atoms with Crippen LogP contribution in [0.4, 0.5) is 0 Å². The zero-order valence-corrected chi connectivity index (χ0v) is 15.7. The molecule has 3 rings (SSSR count). The van der Waals surface area contributed by atoms with Crippen LogP contribution in [0.25, 0.3) is 0 Å². The Labute approximate surface area is 157 Å². The molecule has 0 saturated carbocycles. The second kappa shape index (κ2) is 8.86. The highest BCUT2D eigenvalue weighted by molar-refractivity contribution is 7.07. The number of carbonyl (C=O) groups excluding carboxylic acids is 2. The Morgan fingerprint density at radius 2 is 1.96 bits per heavy atom. The number of hydrogen-bond donors (Lipinski definition) is 1. The third kappa shape index (κ3) is 4.86. The monoisotopic (exact) mass is 373 g/mol. The third-order valence-corrected chi connectivity index (χ3v) is 5.24. The lowest BCUT2D eigenvalue weighted by atomic mass is 10.2. The second-order valence-corrected chi connectivity index (χ2v) is 7.13. The van der Waals surface area contributed by atoms with Crippen LogP contribution in [-0.4, -0.2) is 63.9 Å². The smallest absolute Gasteiger partial charge is 0.267 e. The average molecular weight is 373 g/mol. The van der Waals surface area contributed by atoms with Gasteiger partial charge in [-0.15, -0.1) is 5.10 Å². The molecule has 138 valence electrons. The Bertz CT molecular complexity index is 749. The van der Waals surface area contributed by atoms with Crippen molar-refractivity contribution in [2.45, 2.75) is 19.9 Å². The molecule has 1 aliphatic heterocycles. The zero-order chi connectivity index (χ0) is 18.4. The van der Waals surface area contributed by atoms with E-state index in [4.69, 9.17) is 0 Å². The van der Waals surface area contributed by atoms with Crippen molar-refractivity contribution in [3.05, 3.63) is 46.5 Å². The van der Waals surface area contributed by atoms with Crippen LogP contribution >= 0.6 is 11.5 Å². The van der Waals surface area contributed by atoms with Crippen LogP contribution in [-0.2, 0) is 11.3 Å². The lowest BCUT2D eigenvalue weighted by molar-refractivity contribution is -0.122. The first-order chi connectivity index (χ1) is 12.6. The maximum absolute atomic E-state index is 12.6. The average Bonchev–Trinajstić information content (AvgIpc) is 2.94. The van der Waals surface area contributed by atoms with Gasteiger partial charge in [0.05, 0.1) is 12.2 Å². The van der Waals surface area contributed by atoms with Gasteiger partial charge < -0.3 is 10.2 Å². The van der Waals surface area contributed by atoms with Gasteiger partial charge in [-0.2, -0.15) is 0 Å². The highest BCUT2D eigenvalue weighted by Crippen LogP contribution is 2.14. The van der Waals surface area contributed by atoms with Gasteiger partial charge in [0.1, 0.15) is 4.88 Å². The van der Waals surface area contributed by atoms with Gasteiger partial charge >= 0.3 is 0 Å². The van der Waals surface area contributed by atoms with Gasteiger partial charge in [-0.25, -0.2) is 0 Å². The largest absolute Gasteiger partial charge is 0.351 e. The number of aromatic nitrogens is 2. The number of benzene rings is 1. The van der Waals surface area contributed by atoms with E-state index in [9.17, 15) is 9.59 Å². The second-order valence-electron chi connectivity index (χ2n) is 6.37. The molecule has 1 aromatic carbocycles. The molecule has 8 heteroatoms. The first kappa shape index (κ1) is 18.5. The highest BCUT2D eigenvalue weighted by atomic mass is 32.1. The van der Waals surface area contributed by atoms with E-state index < -0.39 is 0 Å². The van der Waals surface area contributed by atoms with E-state index in [1.54, 1.807) is 6.92 Å². The van der Waals surface area contributed by atoms with Crippen LogP contribution in [0, 0.1) is 6.92 Å². The zero-order valence-electron chi connectivity index (χ0n) is 14.9. The molecule has 26 heavy (non-hydrogen) atoms. The molecule has 2 amide bonds. The molecule has 0 bridgehead atoms. The SMILES string of the molecule is Cc1nnsc1C(=O)N1CCCN(CC(=O)NCc2ccccc2)CC1. The van der Waals surface area contributed by atoms with E-state index in [1.165, 1.54) is 0 Å². The van der Waals surface area contributed by atoms with Crippen molar-refractivity contribution in [1.29, 1.82) is 0 Å². The van der Waals surface area contributed by atoms with Crippen LogP contribution in [0.5, 0.6) is 0 Å². The number of rotatable bonds is 5. The summed E-state index contributed by atoms with van der Waals surface area (Å²) in [5, 5.41) is 6.87. The molecule has 0 radical (unpaired) electrons. The number of aryl methyl sites for hydroxylation is 1. The van der Waals surface area contributed by atoms with E-state index >= 15 is 0 Å². The topological polar surface area (TPSA) is 78.4 Å². The Morgan fingerprint density at radius 3 is 2.69 bits per heavy atom. The number of nitrogens with zero attached hydrogens (tertiary/aromatic N) is 4. The van der Waals surface area contributed by atoms with Crippen molar-refractivity contribution < 1.29 is 9.59 Å². The van der Waals surface area contributed by atoms with Gasteiger partial charge in [0.15, 0.2) is 0 Å². The summed E-state index contributed by atoms with van der Waals surface area (Å²) < 4.78 is 3.84. The third-order valence-electron chi connectivity index (χ3n) is 4.42. The van der Waals surface area contributed by atoms with Gasteiger partial charge in [0, 0.05) is 32.7 Å². The molecule has 1 aromatic heterocycles. The van der Waals surface area contributed by atoms with Crippen LogP contribution < -0.4 is 5.32 Å². The normalized spacial score (nSPS) is 15.5. The van der Waals surface area contributed by atoms with Gasteiger partial charge in [0.25, 0.3) is 5.91 Å². The minimum Gasteiger partial charge on any atom is -0.351 e. The Hall–Kier alpha value is -2.32. The Balaban J connectivity index is 1.47. The van der Waals surface area contributed by atoms with E-state index in [2.05, 4.69) is 19.8 Å². The van der Waals surface area contributed by atoms with Crippen molar-refractivity contribution in [2.75, 3.05) is 32.7 Å². The van der Waals surface area contributed by atoms with Crippen LogP contribution in [0.15, 0.2) is 30.3 Å². The van der Waals surface area contributed by atoms with E-state index in [0.717, 1.165) is 30.1 Å². The van der Waals surface area contributed by atoms with Crippen LogP contribution in [0.1, 0.15) is 27.3 Å². The maximum Gasteiger partial charge on any atom is 0.267 e. The lowest BCUT2D eigenvalue weighted by Gasteiger charge is -2.21. The molecular weight excluding hydrogens is 350 g/mol. The number of amides is 2. The molecule has 0 aliphatic carbocycles. The molecule has 1 N–H and O–H groups in total. The molecule has 0 spiro atoms. The van der Waals surface area contributed by atoms with E-state index in [-0.39, 0.29) is 11.8 Å². The molecule has 1 fully saturated rings. The van der Waals surface area contributed by atoms with Crippen molar-refractivity contribution in [1.82, 2.24) is 24.7 Å². The van der Waals surface area contributed by atoms with Crippen molar-refractivity contribution >= 4 is 23.3 Å². The molecule has 0 unspecified atom stereocenters. The van der Waals surface area contributed by atoms with Crippen molar-refractivity contribution in [2.24, 2.45) is 0 Å². The van der Waals surface area contributed by atoms with Gasteiger partial charge in [-0.3, -0.25) is 14.5 Å². The summed E-state index contributed by atoms with van der Waals surface area (Å²) in [6.07, 6.45) is 0.850. The van der Waals surface area contributed by atoms with Gasteiger partial charge in [-0.05, 0) is 30.4 Å². The predicted molar refractivity (Wildman–Crippen MR) is 99.9 cm³/mol. The maximum atomic E-state index is 12.6. The fourth-order valence-corrected chi connectivity index (χ4v) is 3.58. The summed E-state index contributed by atoms with van der Waals surface area (Å²) in [4.78, 5) is 29.3. The lowest BCUT2D eigenvalue weighted by Crippen LogP contribution is -2.39. The van der Waals surface area contributed by atoms with E-state index in [0.29, 0.717) is 43.3 Å². The molecular formula is C18H23N5O2S. The number of hydrogen-bond acceptors (Lipinski definition) is 6. The molecule has 7 nitrogen and oxygen atoms in total. The predicted octanol–water partition coefficient (Wildman–Crippen LogP) is 1.31. The molecule has 2 aromatic rings. The van der Waals surface area contributed by atoms with Crippen LogP contribution in [0.3, 0.4) is 0 Å². The quantitative estimate of drug-likeness (QED) is 0.855. The Morgan fingerprint density at radius 1 is 1.15 bits per heavy atom. The standard InChI is InChI=1S/C18H23N5O2S/c1-14-17(26-21-20-14)18(25)23-9-5-8-22(10-11-23)13-16(24)19-12-15-6-3-2-4-7-15/h2-4,6-7H,5,8-13H2,1H3,(H,19,24). The summed E-state index contributed by atoms with van der Waals surface area (Å²) in [6, 6.07) is 9.86.